The van der Waals surface area contributed by atoms with Gasteiger partial charge in [-0.2, -0.15) is 0 Å². The number of benzene rings is 1. The zero-order valence-corrected chi connectivity index (χ0v) is 8.03. The van der Waals surface area contributed by atoms with Crippen LogP contribution in [0.5, 0.6) is 0 Å². The fourth-order valence-corrected chi connectivity index (χ4v) is 3.07. The Morgan fingerprint density at radius 2 is 2.08 bits per heavy atom. The van der Waals surface area contributed by atoms with Gasteiger partial charge in [0.25, 0.3) is 0 Å². The van der Waals surface area contributed by atoms with Crippen LogP contribution >= 0.6 is 0 Å². The van der Waals surface area contributed by atoms with Gasteiger partial charge in [0, 0.05) is 24.7 Å². The van der Waals surface area contributed by atoms with E-state index in [0.29, 0.717) is 0 Å². The Bertz CT molecular complexity index is 332. The van der Waals surface area contributed by atoms with Gasteiger partial charge in [0.15, 0.2) is 0 Å². The van der Waals surface area contributed by atoms with Crippen LogP contribution in [0.1, 0.15) is 30.7 Å². The Balaban J connectivity index is 2.13. The number of para-hydroxylation sites is 1. The Morgan fingerprint density at radius 3 is 3.00 bits per heavy atom. The first-order valence-corrected chi connectivity index (χ1v) is 5.19. The largest absolute Gasteiger partial charge is 0.371 e. The minimum atomic E-state index is 0.803. The van der Waals surface area contributed by atoms with Gasteiger partial charge in [-0.15, -0.1) is 0 Å². The molecule has 2 aliphatic rings. The molecule has 0 amide bonds. The van der Waals surface area contributed by atoms with E-state index in [2.05, 4.69) is 36.2 Å². The number of fused-ring (bicyclic) bond motifs is 3. The lowest BCUT2D eigenvalue weighted by molar-refractivity contribution is 0.625. The molecule has 2 unspecified atom stereocenters. The summed E-state index contributed by atoms with van der Waals surface area (Å²) in [6, 6.07) is 9.69. The molecule has 3 rings (SSSR count). The van der Waals surface area contributed by atoms with Crippen LogP contribution in [0.3, 0.4) is 0 Å². The lowest BCUT2D eigenvalue weighted by Crippen LogP contribution is -2.26. The monoisotopic (exact) mass is 173 g/mol. The van der Waals surface area contributed by atoms with Crippen molar-refractivity contribution in [3.63, 3.8) is 0 Å². The maximum absolute atomic E-state index is 2.48. The topological polar surface area (TPSA) is 3.24 Å². The molecular weight excluding hydrogens is 158 g/mol. The maximum atomic E-state index is 2.48. The van der Waals surface area contributed by atoms with E-state index in [9.17, 15) is 0 Å². The molecular formula is C12H15N. The molecule has 1 aromatic rings. The van der Waals surface area contributed by atoms with E-state index >= 15 is 0 Å². The summed E-state index contributed by atoms with van der Waals surface area (Å²) >= 11 is 0. The van der Waals surface area contributed by atoms with Crippen LogP contribution in [0.25, 0.3) is 0 Å². The van der Waals surface area contributed by atoms with Crippen LogP contribution in [0.2, 0.25) is 0 Å². The molecule has 0 N–H and O–H groups in total. The molecule has 0 radical (unpaired) electrons. The first-order chi connectivity index (χ1) is 6.38. The summed E-state index contributed by atoms with van der Waals surface area (Å²) in [7, 11) is 2.24. The molecule has 1 heteroatoms. The Morgan fingerprint density at radius 1 is 1.23 bits per heavy atom. The molecule has 1 nitrogen and oxygen atoms in total. The summed E-state index contributed by atoms with van der Waals surface area (Å²) in [6.45, 7) is 0. The van der Waals surface area contributed by atoms with Crippen molar-refractivity contribution in [2.45, 2.75) is 31.2 Å². The van der Waals surface area contributed by atoms with Gasteiger partial charge >= 0.3 is 0 Å². The van der Waals surface area contributed by atoms with Crippen molar-refractivity contribution in [1.82, 2.24) is 0 Å². The summed E-state index contributed by atoms with van der Waals surface area (Å²) in [5.74, 6) is 0.834. The molecule has 0 spiro atoms. The van der Waals surface area contributed by atoms with E-state index in [0.717, 1.165) is 12.0 Å². The third-order valence-corrected chi connectivity index (χ3v) is 3.69. The minimum absolute atomic E-state index is 0.803. The van der Waals surface area contributed by atoms with Gasteiger partial charge in [0.1, 0.15) is 0 Å². The number of likely N-dealkylation sites (N-methyl/N-ethyl adjacent to an activating group) is 1. The molecule has 1 saturated carbocycles. The second-order valence-corrected chi connectivity index (χ2v) is 4.27. The molecule has 0 aromatic heterocycles. The molecule has 2 atom stereocenters. The summed E-state index contributed by atoms with van der Waals surface area (Å²) in [5.41, 5.74) is 3.06. The smallest absolute Gasteiger partial charge is 0.0402 e. The van der Waals surface area contributed by atoms with Crippen molar-refractivity contribution < 1.29 is 0 Å². The normalized spacial score (nSPS) is 30.4. The maximum Gasteiger partial charge on any atom is 0.0402 e. The summed E-state index contributed by atoms with van der Waals surface area (Å²) in [6.07, 6.45) is 4.19. The standard InChI is InChI=1S/C12H15N/c1-13-11-7-3-2-5-9(11)10-6-4-8-12(10)13/h2-3,5,7,10,12H,4,6,8H2,1H3. The molecule has 1 aliphatic carbocycles. The van der Waals surface area contributed by atoms with Crippen molar-refractivity contribution in [1.29, 1.82) is 0 Å². The van der Waals surface area contributed by atoms with Gasteiger partial charge in [0.05, 0.1) is 0 Å². The van der Waals surface area contributed by atoms with Gasteiger partial charge in [0.2, 0.25) is 0 Å². The highest BCUT2D eigenvalue weighted by molar-refractivity contribution is 5.61. The first kappa shape index (κ1) is 7.43. The van der Waals surface area contributed by atoms with Crippen molar-refractivity contribution in [3.05, 3.63) is 29.8 Å². The molecule has 1 aromatic carbocycles. The molecule has 0 bridgehead atoms. The fourth-order valence-electron chi connectivity index (χ4n) is 3.07. The van der Waals surface area contributed by atoms with Gasteiger partial charge in [-0.05, 0) is 24.5 Å². The fraction of sp³-hybridized carbons (Fsp3) is 0.500. The number of rotatable bonds is 0. The highest BCUT2D eigenvalue weighted by atomic mass is 15.2. The van der Waals surface area contributed by atoms with E-state index in [1.54, 1.807) is 5.56 Å². The number of anilines is 1. The Hall–Kier alpha value is -0.980. The van der Waals surface area contributed by atoms with Gasteiger partial charge in [-0.1, -0.05) is 24.6 Å². The highest BCUT2D eigenvalue weighted by Crippen LogP contribution is 2.47. The number of nitrogens with zero attached hydrogens (tertiary/aromatic N) is 1. The van der Waals surface area contributed by atoms with Crippen molar-refractivity contribution >= 4 is 5.69 Å². The van der Waals surface area contributed by atoms with E-state index in [1.165, 1.54) is 24.9 Å². The van der Waals surface area contributed by atoms with Crippen molar-refractivity contribution in [2.24, 2.45) is 0 Å². The second-order valence-electron chi connectivity index (χ2n) is 4.27. The average molecular weight is 173 g/mol. The first-order valence-electron chi connectivity index (χ1n) is 5.19. The average Bonchev–Trinajstić information content (AvgIpc) is 2.72. The van der Waals surface area contributed by atoms with Crippen LogP contribution in [0.4, 0.5) is 5.69 Å². The van der Waals surface area contributed by atoms with Crippen LogP contribution in [0.15, 0.2) is 24.3 Å². The van der Waals surface area contributed by atoms with E-state index < -0.39 is 0 Å². The lowest BCUT2D eigenvalue weighted by atomic mass is 9.98. The third kappa shape index (κ3) is 0.874. The van der Waals surface area contributed by atoms with Crippen LogP contribution in [0, 0.1) is 0 Å². The van der Waals surface area contributed by atoms with E-state index in [4.69, 9.17) is 0 Å². The predicted molar refractivity (Wildman–Crippen MR) is 55.2 cm³/mol. The lowest BCUT2D eigenvalue weighted by Gasteiger charge is -2.21. The molecule has 1 heterocycles. The van der Waals surface area contributed by atoms with Crippen molar-refractivity contribution in [3.8, 4) is 0 Å². The Kier molecular flexibility index (Phi) is 1.43. The van der Waals surface area contributed by atoms with Crippen LogP contribution in [-0.2, 0) is 0 Å². The SMILES string of the molecule is CN1c2ccccc2C2CCCC21. The van der Waals surface area contributed by atoms with Gasteiger partial charge in [-0.3, -0.25) is 0 Å². The van der Waals surface area contributed by atoms with E-state index in [-0.39, 0.29) is 0 Å². The highest BCUT2D eigenvalue weighted by Gasteiger charge is 2.38. The summed E-state index contributed by atoms with van der Waals surface area (Å²) in [4.78, 5) is 2.48. The molecule has 1 aliphatic heterocycles. The summed E-state index contributed by atoms with van der Waals surface area (Å²) < 4.78 is 0. The van der Waals surface area contributed by atoms with E-state index in [1.807, 2.05) is 0 Å². The second kappa shape index (κ2) is 2.50. The van der Waals surface area contributed by atoms with Gasteiger partial charge < -0.3 is 4.90 Å². The number of hydrogen-bond acceptors (Lipinski definition) is 1. The molecule has 1 fully saturated rings. The minimum Gasteiger partial charge on any atom is -0.371 e. The molecule has 68 valence electrons. The zero-order chi connectivity index (χ0) is 8.84. The summed E-state index contributed by atoms with van der Waals surface area (Å²) in [5, 5.41) is 0. The predicted octanol–water partition coefficient (Wildman–Crippen LogP) is 2.77. The quantitative estimate of drug-likeness (QED) is 0.583. The molecule has 13 heavy (non-hydrogen) atoms. The number of hydrogen-bond donors (Lipinski definition) is 0. The zero-order valence-electron chi connectivity index (χ0n) is 8.03. The third-order valence-electron chi connectivity index (χ3n) is 3.69. The van der Waals surface area contributed by atoms with Gasteiger partial charge in [-0.25, -0.2) is 0 Å². The van der Waals surface area contributed by atoms with Crippen LogP contribution < -0.4 is 4.90 Å². The Labute approximate surface area is 79.4 Å². The van der Waals surface area contributed by atoms with Crippen LogP contribution in [-0.4, -0.2) is 13.1 Å². The molecule has 0 saturated heterocycles. The van der Waals surface area contributed by atoms with Crippen molar-refractivity contribution in [2.75, 3.05) is 11.9 Å².